The smallest absolute Gasteiger partial charge is 0.233 e. The molecule has 0 saturated carbocycles. The largest absolute Gasteiger partial charge is 0.486 e. The molecular weight excluding hydrogens is 422 g/mol. The third-order valence-electron chi connectivity index (χ3n) is 6.22. The summed E-state index contributed by atoms with van der Waals surface area (Å²) in [6.45, 7) is 6.14. The standard InChI is InChI=1S/C25H27N3O3S/c1-17-5-7-20(14-18(17)2)27-11-9-26-25(27)32-16-24(29)28-10-3-4-21(28)19-6-8-22-23(15-19)31-13-12-30-22/h5-9,11,14-15,21H,3-4,10,12-13,16H2,1-2H3. The molecule has 5 rings (SSSR count). The Bertz CT molecular complexity index is 1140. The topological polar surface area (TPSA) is 56.6 Å². The zero-order valence-corrected chi connectivity index (χ0v) is 19.2. The normalized spacial score (nSPS) is 17.6. The molecule has 0 aliphatic carbocycles. The van der Waals surface area contributed by atoms with Crippen LogP contribution in [0.1, 0.15) is 35.6 Å². The van der Waals surface area contributed by atoms with E-state index in [-0.39, 0.29) is 11.9 Å². The van der Waals surface area contributed by atoms with Gasteiger partial charge < -0.3 is 14.4 Å². The summed E-state index contributed by atoms with van der Waals surface area (Å²) in [6, 6.07) is 12.5. The number of hydrogen-bond donors (Lipinski definition) is 0. The molecule has 3 heterocycles. The van der Waals surface area contributed by atoms with Gasteiger partial charge in [-0.25, -0.2) is 4.98 Å². The van der Waals surface area contributed by atoms with Crippen LogP contribution < -0.4 is 9.47 Å². The van der Waals surface area contributed by atoms with Gasteiger partial charge in [0.15, 0.2) is 16.7 Å². The fourth-order valence-corrected chi connectivity index (χ4v) is 5.22. The van der Waals surface area contributed by atoms with Crippen molar-refractivity contribution >= 4 is 17.7 Å². The lowest BCUT2D eigenvalue weighted by Gasteiger charge is -2.26. The van der Waals surface area contributed by atoms with Crippen LogP contribution in [-0.4, -0.2) is 45.9 Å². The van der Waals surface area contributed by atoms with Crippen LogP contribution in [0.5, 0.6) is 11.5 Å². The number of carbonyl (C=O) groups excluding carboxylic acids is 1. The highest BCUT2D eigenvalue weighted by Gasteiger charge is 2.31. The van der Waals surface area contributed by atoms with Crippen LogP contribution in [-0.2, 0) is 4.79 Å². The first-order valence-electron chi connectivity index (χ1n) is 11.0. The maximum absolute atomic E-state index is 13.2. The number of imidazole rings is 1. The van der Waals surface area contributed by atoms with Crippen LogP contribution in [0.15, 0.2) is 53.9 Å². The second-order valence-corrected chi connectivity index (χ2v) is 9.23. The van der Waals surface area contributed by atoms with Crippen LogP contribution >= 0.6 is 11.8 Å². The molecule has 1 saturated heterocycles. The summed E-state index contributed by atoms with van der Waals surface area (Å²) in [4.78, 5) is 19.7. The molecule has 2 aromatic carbocycles. The second kappa shape index (κ2) is 8.90. The van der Waals surface area contributed by atoms with Crippen LogP contribution in [0.3, 0.4) is 0 Å². The lowest BCUT2D eigenvalue weighted by atomic mass is 10.0. The molecule has 0 N–H and O–H groups in total. The minimum absolute atomic E-state index is 0.0819. The number of rotatable bonds is 5. The van der Waals surface area contributed by atoms with Gasteiger partial charge in [-0.3, -0.25) is 9.36 Å². The van der Waals surface area contributed by atoms with Gasteiger partial charge in [0.05, 0.1) is 11.8 Å². The van der Waals surface area contributed by atoms with Gasteiger partial charge in [-0.15, -0.1) is 0 Å². The van der Waals surface area contributed by atoms with Crippen LogP contribution in [0.2, 0.25) is 0 Å². The van der Waals surface area contributed by atoms with E-state index in [9.17, 15) is 4.79 Å². The van der Waals surface area contributed by atoms with Crippen molar-refractivity contribution in [3.63, 3.8) is 0 Å². The Balaban J connectivity index is 1.28. The summed E-state index contributed by atoms with van der Waals surface area (Å²) < 4.78 is 13.4. The Morgan fingerprint density at radius 3 is 2.78 bits per heavy atom. The Morgan fingerprint density at radius 2 is 1.94 bits per heavy atom. The zero-order valence-electron chi connectivity index (χ0n) is 18.4. The first kappa shape index (κ1) is 20.9. The van der Waals surface area contributed by atoms with Gasteiger partial charge in [-0.2, -0.15) is 0 Å². The Morgan fingerprint density at radius 1 is 1.09 bits per heavy atom. The van der Waals surface area contributed by atoms with Gasteiger partial charge in [-0.1, -0.05) is 23.9 Å². The van der Waals surface area contributed by atoms with Gasteiger partial charge in [-0.05, 0) is 67.6 Å². The molecule has 7 heteroatoms. The van der Waals surface area contributed by atoms with Crippen LogP contribution in [0.4, 0.5) is 0 Å². The SMILES string of the molecule is Cc1ccc(-n2ccnc2SCC(=O)N2CCCC2c2ccc3c(c2)OCCO3)cc1C. The molecule has 1 atom stereocenters. The summed E-state index contributed by atoms with van der Waals surface area (Å²) in [7, 11) is 0. The number of aromatic nitrogens is 2. The van der Waals surface area contributed by atoms with Crippen molar-refractivity contribution in [3.8, 4) is 17.2 Å². The van der Waals surface area contributed by atoms with E-state index in [4.69, 9.17) is 9.47 Å². The highest BCUT2D eigenvalue weighted by atomic mass is 32.2. The van der Waals surface area contributed by atoms with Gasteiger partial charge in [0, 0.05) is 24.6 Å². The van der Waals surface area contributed by atoms with Gasteiger partial charge in [0.25, 0.3) is 0 Å². The minimum atomic E-state index is 0.0819. The predicted octanol–water partition coefficient (Wildman–Crippen LogP) is 4.72. The molecule has 1 aromatic heterocycles. The molecule has 3 aromatic rings. The minimum Gasteiger partial charge on any atom is -0.486 e. The van der Waals surface area contributed by atoms with E-state index >= 15 is 0 Å². The maximum atomic E-state index is 13.2. The van der Waals surface area contributed by atoms with E-state index in [1.807, 2.05) is 27.8 Å². The van der Waals surface area contributed by atoms with Gasteiger partial charge in [0.1, 0.15) is 13.2 Å². The third-order valence-corrected chi connectivity index (χ3v) is 7.18. The number of benzene rings is 2. The van der Waals surface area contributed by atoms with Crippen molar-refractivity contribution in [1.82, 2.24) is 14.5 Å². The molecule has 0 radical (unpaired) electrons. The number of thioether (sulfide) groups is 1. The summed E-state index contributed by atoms with van der Waals surface area (Å²) in [5, 5.41) is 0.830. The highest BCUT2D eigenvalue weighted by Crippen LogP contribution is 2.38. The van der Waals surface area contributed by atoms with Crippen LogP contribution in [0, 0.1) is 13.8 Å². The molecule has 1 amide bonds. The monoisotopic (exact) mass is 449 g/mol. The molecule has 2 aliphatic rings. The van der Waals surface area contributed by atoms with Crippen molar-refractivity contribution in [2.24, 2.45) is 0 Å². The summed E-state index contributed by atoms with van der Waals surface area (Å²) in [6.07, 6.45) is 5.71. The molecule has 1 fully saturated rings. The highest BCUT2D eigenvalue weighted by molar-refractivity contribution is 7.99. The number of fused-ring (bicyclic) bond motifs is 1. The van der Waals surface area contributed by atoms with Crippen molar-refractivity contribution in [3.05, 3.63) is 65.5 Å². The summed E-state index contributed by atoms with van der Waals surface area (Å²) >= 11 is 1.49. The molecule has 6 nitrogen and oxygen atoms in total. The Labute approximate surface area is 192 Å². The van der Waals surface area contributed by atoms with E-state index < -0.39 is 0 Å². The molecule has 32 heavy (non-hydrogen) atoms. The Kier molecular flexibility index (Phi) is 5.83. The molecule has 0 bridgehead atoms. The number of carbonyl (C=O) groups is 1. The molecule has 166 valence electrons. The van der Waals surface area contributed by atoms with E-state index in [0.717, 1.165) is 47.3 Å². The van der Waals surface area contributed by atoms with E-state index in [1.54, 1.807) is 6.20 Å². The molecule has 1 unspecified atom stereocenters. The van der Waals surface area contributed by atoms with Gasteiger partial charge >= 0.3 is 0 Å². The predicted molar refractivity (Wildman–Crippen MR) is 125 cm³/mol. The summed E-state index contributed by atoms with van der Waals surface area (Å²) in [5.41, 5.74) is 4.68. The average Bonchev–Trinajstić information content (AvgIpc) is 3.49. The summed E-state index contributed by atoms with van der Waals surface area (Å²) in [5.74, 6) is 2.06. The fraction of sp³-hybridized carbons (Fsp3) is 0.360. The zero-order chi connectivity index (χ0) is 22.1. The van der Waals surface area contributed by atoms with E-state index in [1.165, 1.54) is 22.9 Å². The second-order valence-electron chi connectivity index (χ2n) is 8.29. The lowest BCUT2D eigenvalue weighted by Crippen LogP contribution is -2.32. The van der Waals surface area contributed by atoms with Gasteiger partial charge in [0.2, 0.25) is 5.91 Å². The van der Waals surface area contributed by atoms with Crippen molar-refractivity contribution in [2.45, 2.75) is 37.9 Å². The number of ether oxygens (including phenoxy) is 2. The van der Waals surface area contributed by atoms with Crippen molar-refractivity contribution in [2.75, 3.05) is 25.5 Å². The molecule has 0 spiro atoms. The van der Waals surface area contributed by atoms with Crippen LogP contribution in [0.25, 0.3) is 5.69 Å². The first-order valence-corrected chi connectivity index (χ1v) is 12.0. The number of amides is 1. The van der Waals surface area contributed by atoms with Crippen molar-refractivity contribution in [1.29, 1.82) is 0 Å². The number of nitrogens with zero attached hydrogens (tertiary/aromatic N) is 3. The van der Waals surface area contributed by atoms with E-state index in [2.05, 4.69) is 43.1 Å². The molecule has 2 aliphatic heterocycles. The molecular formula is C25H27N3O3S. The van der Waals surface area contributed by atoms with E-state index in [0.29, 0.717) is 19.0 Å². The number of hydrogen-bond acceptors (Lipinski definition) is 5. The Hall–Kier alpha value is -2.93. The quantitative estimate of drug-likeness (QED) is 0.528. The number of aryl methyl sites for hydroxylation is 2. The fourth-order valence-electron chi connectivity index (χ4n) is 4.36. The first-order chi connectivity index (χ1) is 15.6. The third kappa shape index (κ3) is 4.09. The van der Waals surface area contributed by atoms with Crippen molar-refractivity contribution < 1.29 is 14.3 Å². The maximum Gasteiger partial charge on any atom is 0.233 e. The lowest BCUT2D eigenvalue weighted by molar-refractivity contribution is -0.129. The number of likely N-dealkylation sites (tertiary alicyclic amines) is 1. The average molecular weight is 450 g/mol.